The van der Waals surface area contributed by atoms with Gasteiger partial charge >= 0.3 is 0 Å². The number of carbonyl (C=O) groups is 2. The molecule has 7 nitrogen and oxygen atoms in total. The monoisotopic (exact) mass is 386 g/mol. The van der Waals surface area contributed by atoms with Crippen molar-refractivity contribution in [2.75, 3.05) is 39.1 Å². The quantitative estimate of drug-likeness (QED) is 0.767. The minimum atomic E-state index is -3.56. The Hall–Kier alpha value is -1.45. The number of thiophene rings is 1. The number of hydrogen-bond donors (Lipinski definition) is 0. The Morgan fingerprint density at radius 3 is 2.56 bits per heavy atom. The van der Waals surface area contributed by atoms with Crippen molar-refractivity contribution in [2.45, 2.75) is 24.6 Å². The van der Waals surface area contributed by atoms with Crippen LogP contribution in [0.25, 0.3) is 0 Å². The fourth-order valence-corrected chi connectivity index (χ4v) is 6.54. The van der Waals surface area contributed by atoms with Crippen molar-refractivity contribution < 1.29 is 22.7 Å². The van der Waals surface area contributed by atoms with E-state index in [0.29, 0.717) is 24.6 Å². The summed E-state index contributed by atoms with van der Waals surface area (Å²) in [6, 6.07) is 3.70. The topological polar surface area (TPSA) is 84.0 Å². The summed E-state index contributed by atoms with van der Waals surface area (Å²) in [5.41, 5.74) is 0. The van der Waals surface area contributed by atoms with Crippen LogP contribution in [0.5, 0.6) is 0 Å². The molecular formula is C16H22N2O5S2. The van der Waals surface area contributed by atoms with E-state index in [0.717, 1.165) is 4.88 Å². The fraction of sp³-hybridized carbons (Fsp3) is 0.625. The molecule has 0 unspecified atom stereocenters. The van der Waals surface area contributed by atoms with Gasteiger partial charge in [-0.05, 0) is 19.1 Å². The van der Waals surface area contributed by atoms with Crippen LogP contribution in [0.15, 0.2) is 12.1 Å². The summed E-state index contributed by atoms with van der Waals surface area (Å²) in [7, 11) is -2.04. The van der Waals surface area contributed by atoms with Crippen LogP contribution in [0, 0.1) is 6.92 Å². The summed E-state index contributed by atoms with van der Waals surface area (Å²) >= 11 is 1.43. The molecule has 3 heterocycles. The fourth-order valence-electron chi connectivity index (χ4n) is 3.63. The van der Waals surface area contributed by atoms with E-state index in [1.807, 2.05) is 13.0 Å². The molecule has 0 N–H and O–H groups in total. The highest BCUT2D eigenvalue weighted by Crippen LogP contribution is 2.40. The van der Waals surface area contributed by atoms with Gasteiger partial charge in [0.1, 0.15) is 10.6 Å². The molecule has 1 aromatic heterocycles. The zero-order valence-electron chi connectivity index (χ0n) is 14.4. The Balaban J connectivity index is 1.78. The van der Waals surface area contributed by atoms with E-state index < -0.39 is 20.5 Å². The van der Waals surface area contributed by atoms with E-state index in [4.69, 9.17) is 4.74 Å². The number of aryl methyl sites for hydroxylation is 1. The second-order valence-electron chi connectivity index (χ2n) is 6.45. The van der Waals surface area contributed by atoms with Gasteiger partial charge in [-0.2, -0.15) is 0 Å². The summed E-state index contributed by atoms with van der Waals surface area (Å²) in [5.74, 6) is -0.891. The van der Waals surface area contributed by atoms with Crippen molar-refractivity contribution in [1.29, 1.82) is 0 Å². The van der Waals surface area contributed by atoms with Gasteiger partial charge in [-0.3, -0.25) is 9.59 Å². The zero-order valence-corrected chi connectivity index (χ0v) is 16.0. The summed E-state index contributed by atoms with van der Waals surface area (Å²) < 4.78 is 30.4. The molecule has 2 saturated heterocycles. The molecule has 0 bridgehead atoms. The molecular weight excluding hydrogens is 364 g/mol. The van der Waals surface area contributed by atoms with Gasteiger partial charge in [0.15, 0.2) is 9.84 Å². The van der Waals surface area contributed by atoms with Crippen molar-refractivity contribution in [3.05, 3.63) is 21.9 Å². The lowest BCUT2D eigenvalue weighted by molar-refractivity contribution is -0.131. The van der Waals surface area contributed by atoms with Crippen molar-refractivity contribution in [1.82, 2.24) is 9.80 Å². The molecule has 25 heavy (non-hydrogen) atoms. The lowest BCUT2D eigenvalue weighted by Crippen LogP contribution is -2.57. The highest BCUT2D eigenvalue weighted by Gasteiger charge is 2.58. The first-order chi connectivity index (χ1) is 11.8. The van der Waals surface area contributed by atoms with E-state index in [2.05, 4.69) is 0 Å². The van der Waals surface area contributed by atoms with E-state index >= 15 is 0 Å². The van der Waals surface area contributed by atoms with Gasteiger partial charge < -0.3 is 14.5 Å². The number of likely N-dealkylation sites (tertiary alicyclic amines) is 1. The third-order valence-corrected chi connectivity index (χ3v) is 8.39. The molecule has 1 aromatic rings. The minimum absolute atomic E-state index is 0.0712. The highest BCUT2D eigenvalue weighted by atomic mass is 32.2. The Labute approximate surface area is 151 Å². The highest BCUT2D eigenvalue weighted by molar-refractivity contribution is 7.93. The number of amides is 2. The van der Waals surface area contributed by atoms with Gasteiger partial charge in [-0.15, -0.1) is 11.3 Å². The molecule has 3 rings (SSSR count). The first-order valence-corrected chi connectivity index (χ1v) is 10.6. The summed E-state index contributed by atoms with van der Waals surface area (Å²) in [4.78, 5) is 28.5. The molecule has 2 fully saturated rings. The van der Waals surface area contributed by atoms with Crippen LogP contribution in [0.2, 0.25) is 0 Å². The predicted molar refractivity (Wildman–Crippen MR) is 94.3 cm³/mol. The molecule has 0 saturated carbocycles. The second-order valence-corrected chi connectivity index (χ2v) is 10.0. The lowest BCUT2D eigenvalue weighted by atomic mass is 10.0. The number of methoxy groups -OCH3 is 1. The van der Waals surface area contributed by atoms with Crippen LogP contribution in [0.4, 0.5) is 0 Å². The van der Waals surface area contributed by atoms with Crippen LogP contribution >= 0.6 is 11.3 Å². The number of sulfone groups is 1. The minimum Gasteiger partial charge on any atom is -0.383 e. The maximum atomic E-state index is 12.7. The van der Waals surface area contributed by atoms with Crippen LogP contribution in [-0.2, 0) is 19.4 Å². The molecule has 0 aromatic carbocycles. The first-order valence-electron chi connectivity index (χ1n) is 8.18. The molecule has 2 aliphatic heterocycles. The number of carbonyl (C=O) groups excluding carboxylic acids is 2. The lowest BCUT2D eigenvalue weighted by Gasteiger charge is -2.43. The van der Waals surface area contributed by atoms with Crippen LogP contribution in [-0.4, -0.2) is 74.0 Å². The Bertz CT molecular complexity index is 778. The predicted octanol–water partition coefficient (Wildman–Crippen LogP) is 0.892. The van der Waals surface area contributed by atoms with Gasteiger partial charge in [-0.25, -0.2) is 8.42 Å². The molecule has 138 valence electrons. The van der Waals surface area contributed by atoms with Crippen LogP contribution in [0.1, 0.15) is 27.4 Å². The number of nitrogens with zero attached hydrogens (tertiary/aromatic N) is 2. The molecule has 9 heteroatoms. The van der Waals surface area contributed by atoms with Gasteiger partial charge in [-0.1, -0.05) is 0 Å². The molecule has 2 amide bonds. The van der Waals surface area contributed by atoms with Gasteiger partial charge in [0.05, 0.1) is 11.5 Å². The Kier molecular flexibility index (Phi) is 4.91. The number of hydrogen-bond acceptors (Lipinski definition) is 6. The third-order valence-electron chi connectivity index (χ3n) is 4.99. The van der Waals surface area contributed by atoms with Crippen molar-refractivity contribution in [2.24, 2.45) is 0 Å². The van der Waals surface area contributed by atoms with Gasteiger partial charge in [0.2, 0.25) is 5.91 Å². The normalized spacial score (nSPS) is 21.9. The standard InChI is InChI=1S/C16H22N2O5S2/c1-12-3-4-13(24-12)15(20)17-7-5-16(6-8-17)18(9-10-23-2)14(19)11-25(16,21)22/h3-4H,5-11H2,1-2H3. The molecule has 0 aliphatic carbocycles. The molecule has 0 radical (unpaired) electrons. The Morgan fingerprint density at radius 2 is 2.00 bits per heavy atom. The van der Waals surface area contributed by atoms with E-state index in [9.17, 15) is 18.0 Å². The number of ether oxygens (including phenoxy) is 1. The van der Waals surface area contributed by atoms with Crippen molar-refractivity contribution in [3.63, 3.8) is 0 Å². The third kappa shape index (κ3) is 3.09. The van der Waals surface area contributed by atoms with Gasteiger partial charge in [0.25, 0.3) is 5.91 Å². The molecule has 1 spiro atoms. The van der Waals surface area contributed by atoms with Crippen molar-refractivity contribution >= 4 is 33.0 Å². The smallest absolute Gasteiger partial charge is 0.263 e. The summed E-state index contributed by atoms with van der Waals surface area (Å²) in [6.07, 6.45) is 0.502. The first kappa shape index (κ1) is 18.3. The maximum Gasteiger partial charge on any atom is 0.263 e. The van der Waals surface area contributed by atoms with E-state index in [1.165, 1.54) is 23.3 Å². The van der Waals surface area contributed by atoms with E-state index in [1.54, 1.807) is 11.0 Å². The van der Waals surface area contributed by atoms with Crippen molar-refractivity contribution in [3.8, 4) is 0 Å². The zero-order chi connectivity index (χ0) is 18.2. The van der Waals surface area contributed by atoms with E-state index in [-0.39, 0.29) is 31.2 Å². The average Bonchev–Trinajstić information content (AvgIpc) is 3.07. The average molecular weight is 386 g/mol. The summed E-state index contributed by atoms with van der Waals surface area (Å²) in [6.45, 7) is 3.14. The number of piperidine rings is 1. The largest absolute Gasteiger partial charge is 0.383 e. The summed E-state index contributed by atoms with van der Waals surface area (Å²) in [5, 5.41) is 0. The molecule has 0 atom stereocenters. The second kappa shape index (κ2) is 6.69. The number of rotatable bonds is 4. The van der Waals surface area contributed by atoms with Gasteiger partial charge in [0, 0.05) is 44.5 Å². The van der Waals surface area contributed by atoms with Crippen LogP contribution < -0.4 is 0 Å². The van der Waals surface area contributed by atoms with Crippen LogP contribution in [0.3, 0.4) is 0 Å². The Morgan fingerprint density at radius 1 is 1.32 bits per heavy atom. The maximum absolute atomic E-state index is 12.7. The molecule has 2 aliphatic rings. The SMILES string of the molecule is COCCN1C(=O)CS(=O)(=O)C12CCN(C(=O)c1ccc(C)s1)CC2.